The summed E-state index contributed by atoms with van der Waals surface area (Å²) in [6.07, 6.45) is 4.02. The van der Waals surface area contributed by atoms with Gasteiger partial charge in [-0.2, -0.15) is 0 Å². The van der Waals surface area contributed by atoms with Crippen LogP contribution in [0.4, 0.5) is 10.6 Å². The molecule has 0 saturated carbocycles. The Balaban J connectivity index is 1.51. The maximum Gasteiger partial charge on any atom is 0.314 e. The smallest absolute Gasteiger partial charge is 0.314 e. The zero-order valence-corrected chi connectivity index (χ0v) is 10.9. The molecule has 1 aliphatic rings. The van der Waals surface area contributed by atoms with Crippen molar-refractivity contribution in [2.24, 2.45) is 0 Å². The molecule has 2 heterocycles. The Hall–Kier alpha value is -1.82. The second-order valence-corrected chi connectivity index (χ2v) is 4.41. The number of nitrogens with zero attached hydrogens (tertiary/aromatic N) is 1. The fourth-order valence-electron chi connectivity index (χ4n) is 1.91. The Labute approximate surface area is 112 Å². The number of carbonyl (C=O) groups is 1. The van der Waals surface area contributed by atoms with E-state index in [1.54, 1.807) is 6.20 Å². The van der Waals surface area contributed by atoms with E-state index in [1.807, 2.05) is 18.2 Å². The van der Waals surface area contributed by atoms with Gasteiger partial charge in [-0.25, -0.2) is 9.78 Å². The minimum absolute atomic E-state index is 0.154. The maximum atomic E-state index is 11.5. The number of aromatic nitrogens is 1. The lowest BCUT2D eigenvalue weighted by Crippen LogP contribution is -2.41. The van der Waals surface area contributed by atoms with Crippen molar-refractivity contribution < 1.29 is 9.53 Å². The molecule has 3 N–H and O–H groups in total. The van der Waals surface area contributed by atoms with E-state index >= 15 is 0 Å². The molecule has 1 unspecified atom stereocenters. The van der Waals surface area contributed by atoms with Crippen molar-refractivity contribution in [2.45, 2.75) is 18.9 Å². The topological polar surface area (TPSA) is 75.3 Å². The molecule has 2 amide bonds. The highest BCUT2D eigenvalue weighted by atomic mass is 16.5. The van der Waals surface area contributed by atoms with Crippen molar-refractivity contribution in [2.75, 3.05) is 31.6 Å². The first kappa shape index (κ1) is 13.6. The summed E-state index contributed by atoms with van der Waals surface area (Å²) >= 11 is 0. The molecule has 1 atom stereocenters. The second kappa shape index (κ2) is 7.58. The van der Waals surface area contributed by atoms with Crippen LogP contribution < -0.4 is 16.0 Å². The number of amides is 2. The van der Waals surface area contributed by atoms with Gasteiger partial charge in [0.2, 0.25) is 0 Å². The molecular formula is C13H20N4O2. The molecule has 1 fully saturated rings. The summed E-state index contributed by atoms with van der Waals surface area (Å²) < 4.78 is 5.42. The molecule has 6 nitrogen and oxygen atoms in total. The molecule has 1 aliphatic heterocycles. The number of carbonyl (C=O) groups excluding carboxylic acids is 1. The highest BCUT2D eigenvalue weighted by Crippen LogP contribution is 2.10. The van der Waals surface area contributed by atoms with Gasteiger partial charge in [-0.05, 0) is 25.0 Å². The first-order valence-electron chi connectivity index (χ1n) is 6.63. The van der Waals surface area contributed by atoms with Crippen LogP contribution >= 0.6 is 0 Å². The quantitative estimate of drug-likeness (QED) is 0.669. The van der Waals surface area contributed by atoms with Gasteiger partial charge < -0.3 is 20.7 Å². The van der Waals surface area contributed by atoms with Crippen LogP contribution in [-0.2, 0) is 4.74 Å². The average Bonchev–Trinajstić information content (AvgIpc) is 2.96. The Kier molecular flexibility index (Phi) is 5.43. The average molecular weight is 264 g/mol. The minimum atomic E-state index is -0.154. The molecule has 2 rings (SSSR count). The normalized spacial score (nSPS) is 18.0. The summed E-state index contributed by atoms with van der Waals surface area (Å²) in [6.45, 7) is 2.58. The van der Waals surface area contributed by atoms with Gasteiger partial charge in [-0.15, -0.1) is 0 Å². The standard InChI is InChI=1S/C13H20N4O2/c18-13(17-10-11-4-3-9-19-11)16-8-7-15-12-5-1-2-6-14-12/h1-2,5-6,11H,3-4,7-10H2,(H,14,15)(H2,16,17,18). The van der Waals surface area contributed by atoms with E-state index < -0.39 is 0 Å². The number of ether oxygens (including phenoxy) is 1. The van der Waals surface area contributed by atoms with Crippen LogP contribution in [0.1, 0.15) is 12.8 Å². The van der Waals surface area contributed by atoms with E-state index in [4.69, 9.17) is 4.74 Å². The first-order valence-corrected chi connectivity index (χ1v) is 6.63. The van der Waals surface area contributed by atoms with E-state index in [-0.39, 0.29) is 12.1 Å². The second-order valence-electron chi connectivity index (χ2n) is 4.41. The van der Waals surface area contributed by atoms with E-state index in [0.29, 0.717) is 19.6 Å². The maximum absolute atomic E-state index is 11.5. The zero-order valence-electron chi connectivity index (χ0n) is 10.9. The molecule has 0 bridgehead atoms. The summed E-state index contributed by atoms with van der Waals surface area (Å²) in [5.74, 6) is 0.809. The van der Waals surface area contributed by atoms with Crippen LogP contribution in [0.25, 0.3) is 0 Å². The summed E-state index contributed by atoms with van der Waals surface area (Å²) in [5.41, 5.74) is 0. The molecule has 19 heavy (non-hydrogen) atoms. The number of rotatable bonds is 6. The van der Waals surface area contributed by atoms with Crippen molar-refractivity contribution in [3.63, 3.8) is 0 Å². The molecule has 6 heteroatoms. The predicted molar refractivity (Wildman–Crippen MR) is 73.1 cm³/mol. The number of anilines is 1. The largest absolute Gasteiger partial charge is 0.376 e. The van der Waals surface area contributed by atoms with Crippen LogP contribution in [0.2, 0.25) is 0 Å². The van der Waals surface area contributed by atoms with Gasteiger partial charge in [0, 0.05) is 32.4 Å². The molecule has 104 valence electrons. The van der Waals surface area contributed by atoms with E-state index in [9.17, 15) is 4.79 Å². The van der Waals surface area contributed by atoms with Gasteiger partial charge >= 0.3 is 6.03 Å². The van der Waals surface area contributed by atoms with Crippen molar-refractivity contribution in [1.82, 2.24) is 15.6 Å². The summed E-state index contributed by atoms with van der Waals surface area (Å²) in [5, 5.41) is 8.70. The van der Waals surface area contributed by atoms with Crippen LogP contribution in [0.3, 0.4) is 0 Å². The predicted octanol–water partition coefficient (Wildman–Crippen LogP) is 0.972. The van der Waals surface area contributed by atoms with Crippen LogP contribution in [0.15, 0.2) is 24.4 Å². The van der Waals surface area contributed by atoms with Crippen LogP contribution in [-0.4, -0.2) is 43.4 Å². The number of nitrogens with one attached hydrogen (secondary N) is 3. The third-order valence-electron chi connectivity index (χ3n) is 2.90. The molecule has 1 saturated heterocycles. The molecule has 0 aromatic carbocycles. The minimum Gasteiger partial charge on any atom is -0.376 e. The van der Waals surface area contributed by atoms with Crippen LogP contribution in [0.5, 0.6) is 0 Å². The van der Waals surface area contributed by atoms with E-state index in [2.05, 4.69) is 20.9 Å². The Morgan fingerprint density at radius 2 is 2.32 bits per heavy atom. The van der Waals surface area contributed by atoms with Gasteiger partial charge in [0.1, 0.15) is 5.82 Å². The number of hydrogen-bond acceptors (Lipinski definition) is 4. The Bertz CT molecular complexity index is 379. The fourth-order valence-corrected chi connectivity index (χ4v) is 1.91. The summed E-state index contributed by atoms with van der Waals surface area (Å²) in [4.78, 5) is 15.6. The number of urea groups is 1. The highest BCUT2D eigenvalue weighted by Gasteiger charge is 2.15. The fraction of sp³-hybridized carbons (Fsp3) is 0.538. The lowest BCUT2D eigenvalue weighted by molar-refractivity contribution is 0.111. The van der Waals surface area contributed by atoms with Gasteiger partial charge in [0.15, 0.2) is 0 Å². The zero-order chi connectivity index (χ0) is 13.3. The molecule has 1 aromatic heterocycles. The van der Waals surface area contributed by atoms with Crippen LogP contribution in [0, 0.1) is 0 Å². The van der Waals surface area contributed by atoms with Crippen molar-refractivity contribution in [3.05, 3.63) is 24.4 Å². The number of pyridine rings is 1. The SMILES string of the molecule is O=C(NCCNc1ccccn1)NCC1CCCO1. The highest BCUT2D eigenvalue weighted by molar-refractivity contribution is 5.73. The first-order chi connectivity index (χ1) is 9.34. The summed E-state index contributed by atoms with van der Waals surface area (Å²) in [6, 6.07) is 5.51. The molecular weight excluding hydrogens is 244 g/mol. The molecule has 0 aliphatic carbocycles. The third-order valence-corrected chi connectivity index (χ3v) is 2.90. The van der Waals surface area contributed by atoms with Crippen molar-refractivity contribution >= 4 is 11.8 Å². The molecule has 0 spiro atoms. The molecule has 1 aromatic rings. The van der Waals surface area contributed by atoms with E-state index in [0.717, 1.165) is 25.3 Å². The van der Waals surface area contributed by atoms with Gasteiger partial charge in [-0.1, -0.05) is 6.07 Å². The lowest BCUT2D eigenvalue weighted by atomic mass is 10.2. The Morgan fingerprint density at radius 1 is 1.37 bits per heavy atom. The van der Waals surface area contributed by atoms with E-state index in [1.165, 1.54) is 0 Å². The van der Waals surface area contributed by atoms with Crippen molar-refractivity contribution in [1.29, 1.82) is 0 Å². The van der Waals surface area contributed by atoms with Crippen molar-refractivity contribution in [3.8, 4) is 0 Å². The lowest BCUT2D eigenvalue weighted by Gasteiger charge is -2.12. The number of hydrogen-bond donors (Lipinski definition) is 3. The molecule has 0 radical (unpaired) electrons. The Morgan fingerprint density at radius 3 is 3.05 bits per heavy atom. The summed E-state index contributed by atoms with van der Waals surface area (Å²) in [7, 11) is 0. The van der Waals surface area contributed by atoms with Gasteiger partial charge in [0.05, 0.1) is 6.10 Å². The third kappa shape index (κ3) is 5.13. The monoisotopic (exact) mass is 264 g/mol. The van der Waals surface area contributed by atoms with Gasteiger partial charge in [-0.3, -0.25) is 0 Å². The van der Waals surface area contributed by atoms with Gasteiger partial charge in [0.25, 0.3) is 0 Å².